The van der Waals surface area contributed by atoms with E-state index >= 15 is 0 Å². The molecule has 1 saturated heterocycles. The van der Waals surface area contributed by atoms with E-state index in [1.54, 1.807) is 28.6 Å². The van der Waals surface area contributed by atoms with Crippen LogP contribution in [0.2, 0.25) is 5.02 Å². The molecule has 0 N–H and O–H groups in total. The topological polar surface area (TPSA) is 57.9 Å². The summed E-state index contributed by atoms with van der Waals surface area (Å²) in [6.45, 7) is 3.02. The third-order valence-corrected chi connectivity index (χ3v) is 6.70. The van der Waals surface area contributed by atoms with Gasteiger partial charge in [0.25, 0.3) is 0 Å². The lowest BCUT2D eigenvalue weighted by Crippen LogP contribution is -2.48. The fourth-order valence-corrected chi connectivity index (χ4v) is 4.80. The van der Waals surface area contributed by atoms with Crippen molar-refractivity contribution in [3.8, 4) is 0 Å². The molecule has 3 heterocycles. The van der Waals surface area contributed by atoms with Gasteiger partial charge in [-0.2, -0.15) is 4.31 Å². The zero-order chi connectivity index (χ0) is 18.1. The minimum absolute atomic E-state index is 0.352. The van der Waals surface area contributed by atoms with Gasteiger partial charge in [0, 0.05) is 45.1 Å². The van der Waals surface area contributed by atoms with E-state index in [0.29, 0.717) is 42.6 Å². The lowest BCUT2D eigenvalue weighted by Gasteiger charge is -2.33. The molecule has 0 unspecified atom stereocenters. The Balaban J connectivity index is 1.41. The fraction of sp³-hybridized carbons (Fsp3) is 0.278. The molecule has 1 fully saturated rings. The Morgan fingerprint density at radius 1 is 0.962 bits per heavy atom. The Morgan fingerprint density at radius 2 is 1.69 bits per heavy atom. The molecule has 1 aliphatic rings. The number of imidazole rings is 1. The number of nitrogens with zero attached hydrogens (tertiary/aromatic N) is 4. The number of hydrogen-bond donors (Lipinski definition) is 0. The van der Waals surface area contributed by atoms with Crippen LogP contribution in [-0.2, 0) is 16.6 Å². The highest BCUT2D eigenvalue weighted by atomic mass is 35.5. The normalized spacial score (nSPS) is 17.0. The summed E-state index contributed by atoms with van der Waals surface area (Å²) >= 11 is 6.01. The third kappa shape index (κ3) is 3.48. The number of fused-ring (bicyclic) bond motifs is 1. The van der Waals surface area contributed by atoms with E-state index < -0.39 is 10.0 Å². The highest BCUT2D eigenvalue weighted by Gasteiger charge is 2.28. The van der Waals surface area contributed by atoms with Gasteiger partial charge in [-0.15, -0.1) is 0 Å². The average molecular weight is 391 g/mol. The van der Waals surface area contributed by atoms with Crippen molar-refractivity contribution < 1.29 is 8.42 Å². The Hall–Kier alpha value is -1.93. The lowest BCUT2D eigenvalue weighted by molar-refractivity contribution is 0.180. The van der Waals surface area contributed by atoms with Gasteiger partial charge in [0.2, 0.25) is 10.0 Å². The first-order valence-corrected chi connectivity index (χ1v) is 10.2. The van der Waals surface area contributed by atoms with E-state index in [4.69, 9.17) is 11.6 Å². The van der Waals surface area contributed by atoms with Crippen LogP contribution in [0.1, 0.15) is 5.69 Å². The molecule has 2 aromatic heterocycles. The van der Waals surface area contributed by atoms with Crippen LogP contribution >= 0.6 is 11.6 Å². The number of pyridine rings is 1. The monoisotopic (exact) mass is 390 g/mol. The van der Waals surface area contributed by atoms with E-state index in [0.717, 1.165) is 11.3 Å². The molecule has 1 aromatic carbocycles. The molecule has 8 heteroatoms. The molecular formula is C18H19ClN4O2S. The van der Waals surface area contributed by atoms with Gasteiger partial charge in [0.05, 0.1) is 15.6 Å². The predicted molar refractivity (Wildman–Crippen MR) is 101 cm³/mol. The molecule has 0 radical (unpaired) electrons. The molecule has 1 aliphatic heterocycles. The summed E-state index contributed by atoms with van der Waals surface area (Å²) in [6.07, 6.45) is 3.80. The van der Waals surface area contributed by atoms with Gasteiger partial charge >= 0.3 is 0 Å². The molecule has 136 valence electrons. The molecule has 4 rings (SSSR count). The van der Waals surface area contributed by atoms with Crippen molar-refractivity contribution in [2.75, 3.05) is 26.2 Å². The summed E-state index contributed by atoms with van der Waals surface area (Å²) in [4.78, 5) is 7.17. The summed E-state index contributed by atoms with van der Waals surface area (Å²) in [6, 6.07) is 12.3. The summed E-state index contributed by atoms with van der Waals surface area (Å²) in [5, 5.41) is 0.668. The van der Waals surface area contributed by atoms with Gasteiger partial charge in [0.15, 0.2) is 0 Å². The Kier molecular flexibility index (Phi) is 4.71. The van der Waals surface area contributed by atoms with E-state index in [-0.39, 0.29) is 0 Å². The van der Waals surface area contributed by atoms with Crippen molar-refractivity contribution in [2.24, 2.45) is 0 Å². The largest absolute Gasteiger partial charge is 0.305 e. The number of piperazine rings is 1. The van der Waals surface area contributed by atoms with Gasteiger partial charge in [-0.25, -0.2) is 13.4 Å². The molecule has 0 bridgehead atoms. The minimum atomic E-state index is -3.41. The summed E-state index contributed by atoms with van der Waals surface area (Å²) in [7, 11) is -3.41. The first kappa shape index (κ1) is 17.5. The quantitative estimate of drug-likeness (QED) is 0.686. The second-order valence-electron chi connectivity index (χ2n) is 6.34. The Bertz CT molecular complexity index is 1010. The minimum Gasteiger partial charge on any atom is -0.305 e. The molecule has 0 aliphatic carbocycles. The first-order chi connectivity index (χ1) is 12.5. The standard InChI is InChI=1S/C18H19ClN4O2S/c19-15-6-7-18-20-16(14-22(18)12-15)13-21-8-10-23(11-9-21)26(24,25)17-4-2-1-3-5-17/h1-7,12,14H,8-11,13H2. The molecule has 0 amide bonds. The maximum Gasteiger partial charge on any atom is 0.243 e. The van der Waals surface area contributed by atoms with Gasteiger partial charge in [-0.1, -0.05) is 29.8 Å². The molecule has 3 aromatic rings. The van der Waals surface area contributed by atoms with Crippen LogP contribution < -0.4 is 0 Å². The van der Waals surface area contributed by atoms with Gasteiger partial charge < -0.3 is 4.40 Å². The molecule has 6 nitrogen and oxygen atoms in total. The van der Waals surface area contributed by atoms with E-state index in [9.17, 15) is 8.42 Å². The van der Waals surface area contributed by atoms with Gasteiger partial charge in [-0.3, -0.25) is 4.90 Å². The third-order valence-electron chi connectivity index (χ3n) is 4.56. The average Bonchev–Trinajstić information content (AvgIpc) is 3.04. The fourth-order valence-electron chi connectivity index (χ4n) is 3.19. The summed E-state index contributed by atoms with van der Waals surface area (Å²) in [5.41, 5.74) is 1.81. The number of sulfonamides is 1. The van der Waals surface area contributed by atoms with E-state index in [1.807, 2.05) is 35.0 Å². The van der Waals surface area contributed by atoms with Crippen LogP contribution in [0.5, 0.6) is 0 Å². The predicted octanol–water partition coefficient (Wildman–Crippen LogP) is 2.49. The number of halogens is 1. The molecule has 0 atom stereocenters. The van der Waals surface area contributed by atoms with Crippen molar-refractivity contribution in [3.63, 3.8) is 0 Å². The molecule has 0 spiro atoms. The van der Waals surface area contributed by atoms with E-state index in [1.165, 1.54) is 0 Å². The van der Waals surface area contributed by atoms with Crippen LogP contribution in [0.15, 0.2) is 59.8 Å². The number of aromatic nitrogens is 2. The van der Waals surface area contributed by atoms with Crippen molar-refractivity contribution in [3.05, 3.63) is 65.6 Å². The summed E-state index contributed by atoms with van der Waals surface area (Å²) in [5.74, 6) is 0. The maximum atomic E-state index is 12.7. The summed E-state index contributed by atoms with van der Waals surface area (Å²) < 4.78 is 28.8. The number of hydrogen-bond acceptors (Lipinski definition) is 4. The first-order valence-electron chi connectivity index (χ1n) is 8.43. The second kappa shape index (κ2) is 7.00. The molecule has 26 heavy (non-hydrogen) atoms. The van der Waals surface area contributed by atoms with Crippen molar-refractivity contribution >= 4 is 27.3 Å². The number of benzene rings is 1. The van der Waals surface area contributed by atoms with Gasteiger partial charge in [0.1, 0.15) is 5.65 Å². The van der Waals surface area contributed by atoms with Crippen LogP contribution in [0.25, 0.3) is 5.65 Å². The van der Waals surface area contributed by atoms with Crippen LogP contribution in [0.3, 0.4) is 0 Å². The van der Waals surface area contributed by atoms with Crippen molar-refractivity contribution in [2.45, 2.75) is 11.4 Å². The Morgan fingerprint density at radius 3 is 2.42 bits per heavy atom. The van der Waals surface area contributed by atoms with Crippen LogP contribution in [-0.4, -0.2) is 53.2 Å². The lowest BCUT2D eigenvalue weighted by atomic mass is 10.3. The van der Waals surface area contributed by atoms with E-state index in [2.05, 4.69) is 9.88 Å². The zero-order valence-corrected chi connectivity index (χ0v) is 15.7. The SMILES string of the molecule is O=S(=O)(c1ccccc1)N1CCN(Cc2cn3cc(Cl)ccc3n2)CC1. The Labute approximate surface area is 157 Å². The molecule has 0 saturated carbocycles. The zero-order valence-electron chi connectivity index (χ0n) is 14.1. The van der Waals surface area contributed by atoms with Crippen LogP contribution in [0, 0.1) is 0 Å². The van der Waals surface area contributed by atoms with Crippen molar-refractivity contribution in [1.82, 2.24) is 18.6 Å². The van der Waals surface area contributed by atoms with Crippen LogP contribution in [0.4, 0.5) is 0 Å². The highest BCUT2D eigenvalue weighted by Crippen LogP contribution is 2.18. The van der Waals surface area contributed by atoms with Crippen molar-refractivity contribution in [1.29, 1.82) is 0 Å². The molecular weight excluding hydrogens is 372 g/mol. The highest BCUT2D eigenvalue weighted by molar-refractivity contribution is 7.89. The maximum absolute atomic E-state index is 12.7. The van der Waals surface area contributed by atoms with Gasteiger partial charge in [-0.05, 0) is 24.3 Å². The number of rotatable bonds is 4. The second-order valence-corrected chi connectivity index (χ2v) is 8.71. The smallest absolute Gasteiger partial charge is 0.243 e.